The van der Waals surface area contributed by atoms with E-state index in [1.807, 2.05) is 31.2 Å². The Balaban J connectivity index is 1.99. The van der Waals surface area contributed by atoms with E-state index in [9.17, 15) is 4.39 Å². The van der Waals surface area contributed by atoms with Crippen molar-refractivity contribution < 1.29 is 4.39 Å². The molecule has 110 valence electrons. The minimum Gasteiger partial charge on any atom is -0.250 e. The Kier molecular flexibility index (Phi) is 3.93. The quantitative estimate of drug-likeness (QED) is 0.588. The van der Waals surface area contributed by atoms with E-state index in [4.69, 9.17) is 12.2 Å². The zero-order valence-corrected chi connectivity index (χ0v) is 12.6. The number of halogens is 1. The normalized spacial score (nSPS) is 11.2. The van der Waals surface area contributed by atoms with Crippen LogP contribution in [0.1, 0.15) is 11.1 Å². The summed E-state index contributed by atoms with van der Waals surface area (Å²) < 4.78 is 14.9. The largest absolute Gasteiger partial charge is 0.250 e. The molecular weight excluding hydrogens is 299 g/mol. The average Bonchev–Trinajstić information content (AvgIpc) is 2.87. The van der Waals surface area contributed by atoms with Crippen LogP contribution in [0, 0.1) is 17.5 Å². The van der Waals surface area contributed by atoms with Crippen LogP contribution in [-0.4, -0.2) is 21.1 Å². The molecule has 0 aliphatic rings. The Morgan fingerprint density at radius 1 is 1.23 bits per heavy atom. The maximum Gasteiger partial charge on any atom is 0.216 e. The van der Waals surface area contributed by atoms with Crippen molar-refractivity contribution in [2.45, 2.75) is 6.92 Å². The lowest BCUT2D eigenvalue weighted by Gasteiger charge is -2.01. The predicted molar refractivity (Wildman–Crippen MR) is 87.0 cm³/mol. The lowest BCUT2D eigenvalue weighted by Crippen LogP contribution is -1.95. The predicted octanol–water partition coefficient (Wildman–Crippen LogP) is 3.94. The molecule has 22 heavy (non-hydrogen) atoms. The molecule has 0 aliphatic carbocycles. The van der Waals surface area contributed by atoms with E-state index in [0.29, 0.717) is 10.6 Å². The van der Waals surface area contributed by atoms with Gasteiger partial charge in [-0.05, 0) is 49.0 Å². The first kappa shape index (κ1) is 14.3. The first-order chi connectivity index (χ1) is 10.6. The number of nitrogens with zero attached hydrogens (tertiary/aromatic N) is 3. The van der Waals surface area contributed by atoms with Crippen molar-refractivity contribution in [1.29, 1.82) is 0 Å². The molecular formula is C16H13FN4S. The molecule has 0 unspecified atom stereocenters. The van der Waals surface area contributed by atoms with Crippen molar-refractivity contribution in [3.63, 3.8) is 0 Å². The van der Waals surface area contributed by atoms with E-state index in [1.165, 1.54) is 16.8 Å². The lowest BCUT2D eigenvalue weighted by atomic mass is 10.2. The zero-order chi connectivity index (χ0) is 15.5. The van der Waals surface area contributed by atoms with E-state index < -0.39 is 0 Å². The smallest absolute Gasteiger partial charge is 0.216 e. The number of hydrogen-bond donors (Lipinski definition) is 1. The van der Waals surface area contributed by atoms with Crippen molar-refractivity contribution in [3.8, 4) is 11.4 Å². The highest BCUT2D eigenvalue weighted by molar-refractivity contribution is 7.71. The number of H-pyrrole nitrogens is 1. The SMILES string of the molecule is Cc1cccc(/C=N/n2c(-c3ccc(F)cc3)n[nH]c2=S)c1. The molecule has 1 N–H and O–H groups in total. The van der Waals surface area contributed by atoms with Gasteiger partial charge in [-0.1, -0.05) is 29.8 Å². The third kappa shape index (κ3) is 3.01. The van der Waals surface area contributed by atoms with Crippen LogP contribution in [0.3, 0.4) is 0 Å². The fourth-order valence-electron chi connectivity index (χ4n) is 2.06. The van der Waals surface area contributed by atoms with Gasteiger partial charge in [0.15, 0.2) is 5.82 Å². The third-order valence-electron chi connectivity index (χ3n) is 3.12. The molecule has 0 saturated heterocycles. The van der Waals surface area contributed by atoms with Crippen molar-refractivity contribution in [2.75, 3.05) is 0 Å². The molecule has 1 aromatic heterocycles. The van der Waals surface area contributed by atoms with Crippen molar-refractivity contribution >= 4 is 18.4 Å². The van der Waals surface area contributed by atoms with E-state index >= 15 is 0 Å². The van der Waals surface area contributed by atoms with Crippen LogP contribution in [0.5, 0.6) is 0 Å². The first-order valence-electron chi connectivity index (χ1n) is 6.68. The van der Waals surface area contributed by atoms with Crippen LogP contribution in [0.15, 0.2) is 53.6 Å². The van der Waals surface area contributed by atoms with Crippen LogP contribution < -0.4 is 0 Å². The maximum atomic E-state index is 13.0. The molecule has 0 aliphatic heterocycles. The minimum atomic E-state index is -0.298. The lowest BCUT2D eigenvalue weighted by molar-refractivity contribution is 0.628. The summed E-state index contributed by atoms with van der Waals surface area (Å²) in [4.78, 5) is 0. The first-order valence-corrected chi connectivity index (χ1v) is 7.09. The highest BCUT2D eigenvalue weighted by atomic mass is 32.1. The fraction of sp³-hybridized carbons (Fsp3) is 0.0625. The van der Waals surface area contributed by atoms with Crippen molar-refractivity contribution in [3.05, 3.63) is 70.2 Å². The maximum absolute atomic E-state index is 13.0. The summed E-state index contributed by atoms with van der Waals surface area (Å²) in [6, 6.07) is 14.0. The van der Waals surface area contributed by atoms with Gasteiger partial charge in [-0.2, -0.15) is 14.9 Å². The number of benzene rings is 2. The van der Waals surface area contributed by atoms with Crippen LogP contribution in [0.25, 0.3) is 11.4 Å². The molecule has 0 bridgehead atoms. The molecule has 0 spiro atoms. The molecule has 6 heteroatoms. The summed E-state index contributed by atoms with van der Waals surface area (Å²) in [6.07, 6.45) is 1.71. The standard InChI is InChI=1S/C16H13FN4S/c1-11-3-2-4-12(9-11)10-18-21-15(19-20-16(21)22)13-5-7-14(17)8-6-13/h2-10H,1H3,(H,20,22)/b18-10+. The van der Waals surface area contributed by atoms with Crippen LogP contribution in [0.2, 0.25) is 0 Å². The van der Waals surface area contributed by atoms with Gasteiger partial charge in [-0.3, -0.25) is 0 Å². The molecule has 0 radical (unpaired) electrons. The minimum absolute atomic E-state index is 0.298. The van der Waals surface area contributed by atoms with E-state index in [2.05, 4.69) is 15.3 Å². The second kappa shape index (κ2) is 6.03. The topological polar surface area (TPSA) is 46.0 Å². The van der Waals surface area contributed by atoms with Gasteiger partial charge >= 0.3 is 0 Å². The Morgan fingerprint density at radius 3 is 2.73 bits per heavy atom. The van der Waals surface area contributed by atoms with E-state index in [0.717, 1.165) is 16.7 Å². The van der Waals surface area contributed by atoms with Crippen molar-refractivity contribution in [1.82, 2.24) is 14.9 Å². The van der Waals surface area contributed by atoms with Gasteiger partial charge in [0.25, 0.3) is 0 Å². The summed E-state index contributed by atoms with van der Waals surface area (Å²) in [7, 11) is 0. The summed E-state index contributed by atoms with van der Waals surface area (Å²) in [5.74, 6) is 0.238. The Labute approximate surface area is 131 Å². The second-order valence-corrected chi connectivity index (χ2v) is 5.22. The summed E-state index contributed by atoms with van der Waals surface area (Å²) in [5, 5.41) is 11.2. The number of aromatic amines is 1. The molecule has 1 heterocycles. The molecule has 0 fully saturated rings. The number of aryl methyl sites for hydroxylation is 1. The molecule has 0 amide bonds. The monoisotopic (exact) mass is 312 g/mol. The van der Waals surface area contributed by atoms with Gasteiger partial charge in [0.05, 0.1) is 6.21 Å². The second-order valence-electron chi connectivity index (χ2n) is 4.83. The summed E-state index contributed by atoms with van der Waals surface area (Å²) in [6.45, 7) is 2.02. The van der Waals surface area contributed by atoms with Crippen LogP contribution in [0.4, 0.5) is 4.39 Å². The number of nitrogens with one attached hydrogen (secondary N) is 1. The Bertz CT molecular complexity index is 878. The molecule has 0 saturated carbocycles. The average molecular weight is 312 g/mol. The van der Waals surface area contributed by atoms with E-state index in [1.54, 1.807) is 18.3 Å². The summed E-state index contributed by atoms with van der Waals surface area (Å²) in [5.41, 5.74) is 2.85. The van der Waals surface area contributed by atoms with Crippen molar-refractivity contribution in [2.24, 2.45) is 5.10 Å². The molecule has 4 nitrogen and oxygen atoms in total. The molecule has 3 rings (SSSR count). The van der Waals surface area contributed by atoms with Gasteiger partial charge in [0, 0.05) is 5.56 Å². The van der Waals surface area contributed by atoms with Crippen LogP contribution >= 0.6 is 12.2 Å². The number of aromatic nitrogens is 3. The third-order valence-corrected chi connectivity index (χ3v) is 3.38. The highest BCUT2D eigenvalue weighted by Crippen LogP contribution is 2.17. The van der Waals surface area contributed by atoms with Crippen LogP contribution in [-0.2, 0) is 0 Å². The Hall–Kier alpha value is -2.60. The molecule has 3 aromatic rings. The van der Waals surface area contributed by atoms with Gasteiger partial charge < -0.3 is 0 Å². The molecule has 2 aromatic carbocycles. The van der Waals surface area contributed by atoms with Gasteiger partial charge in [-0.25, -0.2) is 9.49 Å². The zero-order valence-electron chi connectivity index (χ0n) is 11.8. The highest BCUT2D eigenvalue weighted by Gasteiger charge is 2.07. The number of hydrogen-bond acceptors (Lipinski definition) is 3. The van der Waals surface area contributed by atoms with Gasteiger partial charge in [0.1, 0.15) is 5.82 Å². The van der Waals surface area contributed by atoms with Gasteiger partial charge in [-0.15, -0.1) is 0 Å². The fourth-order valence-corrected chi connectivity index (χ4v) is 2.24. The summed E-state index contributed by atoms with van der Waals surface area (Å²) >= 11 is 5.20. The van der Waals surface area contributed by atoms with E-state index in [-0.39, 0.29) is 5.82 Å². The molecule has 0 atom stereocenters. The van der Waals surface area contributed by atoms with Gasteiger partial charge in [0.2, 0.25) is 4.77 Å². The number of rotatable bonds is 3. The Morgan fingerprint density at radius 2 is 2.00 bits per heavy atom.